The van der Waals surface area contributed by atoms with Gasteiger partial charge in [-0.15, -0.1) is 0 Å². The largest absolute Gasteiger partial charge is 0.336 e. The Balaban J connectivity index is 1.64. The highest BCUT2D eigenvalue weighted by molar-refractivity contribution is 7.86. The van der Waals surface area contributed by atoms with Crippen molar-refractivity contribution in [3.05, 3.63) is 35.6 Å². The summed E-state index contributed by atoms with van der Waals surface area (Å²) in [5, 5.41) is 0. The van der Waals surface area contributed by atoms with Crippen LogP contribution < -0.4 is 0 Å². The fraction of sp³-hybridized carbons (Fsp3) is 0.611. The molecule has 0 N–H and O–H groups in total. The third kappa shape index (κ3) is 3.92. The molecule has 2 fully saturated rings. The van der Waals surface area contributed by atoms with Crippen molar-refractivity contribution in [2.24, 2.45) is 11.8 Å². The number of amides is 1. The summed E-state index contributed by atoms with van der Waals surface area (Å²) in [7, 11) is -3.52. The van der Waals surface area contributed by atoms with E-state index in [1.165, 1.54) is 27.4 Å². The van der Waals surface area contributed by atoms with Crippen molar-refractivity contribution >= 4 is 16.1 Å². The lowest BCUT2D eigenvalue weighted by Crippen LogP contribution is -2.56. The molecule has 0 unspecified atom stereocenters. The van der Waals surface area contributed by atoms with Gasteiger partial charge in [0.1, 0.15) is 5.82 Å². The van der Waals surface area contributed by atoms with Crippen molar-refractivity contribution in [3.8, 4) is 0 Å². The zero-order valence-corrected chi connectivity index (χ0v) is 16.1. The van der Waals surface area contributed by atoms with Crippen LogP contribution >= 0.6 is 0 Å². The summed E-state index contributed by atoms with van der Waals surface area (Å²) in [6.07, 6.45) is 1.04. The molecule has 26 heavy (non-hydrogen) atoms. The van der Waals surface area contributed by atoms with Gasteiger partial charge in [-0.05, 0) is 30.4 Å². The van der Waals surface area contributed by atoms with Gasteiger partial charge >= 0.3 is 0 Å². The van der Waals surface area contributed by atoms with Gasteiger partial charge in [0.15, 0.2) is 0 Å². The molecule has 1 aromatic rings. The first-order chi connectivity index (χ1) is 12.3. The van der Waals surface area contributed by atoms with E-state index in [-0.39, 0.29) is 37.6 Å². The smallest absolute Gasteiger partial charge is 0.282 e. The second-order valence-corrected chi connectivity index (χ2v) is 9.37. The summed E-state index contributed by atoms with van der Waals surface area (Å²) >= 11 is 0. The molecule has 0 saturated carbocycles. The fourth-order valence-corrected chi connectivity index (χ4v) is 5.72. The number of rotatable bonds is 3. The van der Waals surface area contributed by atoms with Crippen molar-refractivity contribution in [2.75, 3.05) is 39.3 Å². The number of benzene rings is 1. The molecule has 144 valence electrons. The molecule has 0 aromatic heterocycles. The molecular formula is C18H26FN3O3S. The second-order valence-electron chi connectivity index (χ2n) is 7.44. The predicted octanol–water partition coefficient (Wildman–Crippen LogP) is 1.81. The minimum absolute atomic E-state index is 0.0301. The SMILES string of the molecule is C[C@@H]1C[C@H](C)CN(S(=O)(=O)N2CCN(C(=O)c3ccccc3F)CC2)C1. The monoisotopic (exact) mass is 383 g/mol. The molecule has 8 heteroatoms. The van der Waals surface area contributed by atoms with Crippen molar-refractivity contribution in [2.45, 2.75) is 20.3 Å². The zero-order chi connectivity index (χ0) is 18.9. The molecular weight excluding hydrogens is 357 g/mol. The van der Waals surface area contributed by atoms with Crippen LogP contribution in [0.3, 0.4) is 0 Å². The predicted molar refractivity (Wildman–Crippen MR) is 97.3 cm³/mol. The van der Waals surface area contributed by atoms with Crippen molar-refractivity contribution in [3.63, 3.8) is 0 Å². The molecule has 2 atom stereocenters. The van der Waals surface area contributed by atoms with Gasteiger partial charge in [0.05, 0.1) is 5.56 Å². The maximum atomic E-state index is 13.8. The molecule has 2 heterocycles. The first-order valence-corrected chi connectivity index (χ1v) is 10.5. The van der Waals surface area contributed by atoms with Crippen LogP contribution in [0.2, 0.25) is 0 Å². The summed E-state index contributed by atoms with van der Waals surface area (Å²) in [6.45, 7) is 6.24. The molecule has 1 amide bonds. The molecule has 0 aliphatic carbocycles. The molecule has 0 spiro atoms. The number of carbonyl (C=O) groups is 1. The minimum Gasteiger partial charge on any atom is -0.336 e. The summed E-state index contributed by atoms with van der Waals surface area (Å²) in [4.78, 5) is 14.0. The van der Waals surface area contributed by atoms with Crippen LogP contribution in [0.25, 0.3) is 0 Å². The Kier molecular flexibility index (Phi) is 5.64. The lowest BCUT2D eigenvalue weighted by molar-refractivity contribution is 0.0687. The molecule has 3 rings (SSSR count). The zero-order valence-electron chi connectivity index (χ0n) is 15.3. The number of piperazine rings is 1. The minimum atomic E-state index is -3.52. The Labute approximate surface area is 154 Å². The number of hydrogen-bond acceptors (Lipinski definition) is 3. The lowest BCUT2D eigenvalue weighted by atomic mass is 9.94. The van der Waals surface area contributed by atoms with Crippen LogP contribution in [0.4, 0.5) is 4.39 Å². The summed E-state index contributed by atoms with van der Waals surface area (Å²) < 4.78 is 42.7. The van der Waals surface area contributed by atoms with Gasteiger partial charge < -0.3 is 4.90 Å². The number of carbonyl (C=O) groups excluding carboxylic acids is 1. The van der Waals surface area contributed by atoms with E-state index in [1.807, 2.05) is 0 Å². The standard InChI is InChI=1S/C18H26FN3O3S/c1-14-11-15(2)13-22(12-14)26(24,25)21-9-7-20(8-10-21)18(23)16-5-3-4-6-17(16)19/h3-6,14-15H,7-13H2,1-2H3/t14-,15+. The maximum absolute atomic E-state index is 13.8. The van der Waals surface area contributed by atoms with Gasteiger partial charge in [-0.2, -0.15) is 17.0 Å². The van der Waals surface area contributed by atoms with Gasteiger partial charge in [0.25, 0.3) is 16.1 Å². The van der Waals surface area contributed by atoms with Crippen molar-refractivity contribution in [1.29, 1.82) is 0 Å². The molecule has 1 aromatic carbocycles. The number of nitrogens with zero attached hydrogens (tertiary/aromatic N) is 3. The van der Waals surface area contributed by atoms with E-state index in [0.717, 1.165) is 6.42 Å². The van der Waals surface area contributed by atoms with Gasteiger partial charge in [-0.1, -0.05) is 26.0 Å². The van der Waals surface area contributed by atoms with E-state index < -0.39 is 16.0 Å². The molecule has 2 aliphatic rings. The highest BCUT2D eigenvalue weighted by atomic mass is 32.2. The van der Waals surface area contributed by atoms with Crippen molar-refractivity contribution in [1.82, 2.24) is 13.5 Å². The van der Waals surface area contributed by atoms with E-state index in [1.54, 1.807) is 10.4 Å². The highest BCUT2D eigenvalue weighted by Crippen LogP contribution is 2.25. The topological polar surface area (TPSA) is 60.9 Å². The van der Waals surface area contributed by atoms with E-state index in [4.69, 9.17) is 0 Å². The number of hydrogen-bond donors (Lipinski definition) is 0. The summed E-state index contributed by atoms with van der Waals surface area (Å²) in [6, 6.07) is 5.87. The lowest BCUT2D eigenvalue weighted by Gasteiger charge is -2.40. The molecule has 2 aliphatic heterocycles. The van der Waals surface area contributed by atoms with Crippen LogP contribution in [-0.2, 0) is 10.2 Å². The Hall–Kier alpha value is -1.51. The number of halogens is 1. The average molecular weight is 383 g/mol. The molecule has 2 saturated heterocycles. The second kappa shape index (κ2) is 7.62. The average Bonchev–Trinajstić information content (AvgIpc) is 2.61. The Morgan fingerprint density at radius 1 is 1.00 bits per heavy atom. The van der Waals surface area contributed by atoms with Crippen LogP contribution in [0.1, 0.15) is 30.6 Å². The third-order valence-electron chi connectivity index (χ3n) is 5.12. The van der Waals surface area contributed by atoms with Crippen molar-refractivity contribution < 1.29 is 17.6 Å². The Bertz CT molecular complexity index is 753. The van der Waals surface area contributed by atoms with Crippen LogP contribution in [0.5, 0.6) is 0 Å². The Morgan fingerprint density at radius 2 is 1.58 bits per heavy atom. The summed E-state index contributed by atoms with van der Waals surface area (Å²) in [5.74, 6) is -0.251. The summed E-state index contributed by atoms with van der Waals surface area (Å²) in [5.41, 5.74) is 0.0301. The molecule has 0 radical (unpaired) electrons. The first kappa shape index (κ1) is 19.3. The van der Waals surface area contributed by atoms with Crippen LogP contribution in [-0.4, -0.2) is 67.1 Å². The molecule has 6 nitrogen and oxygen atoms in total. The fourth-order valence-electron chi connectivity index (χ4n) is 3.88. The van der Waals surface area contributed by atoms with E-state index in [0.29, 0.717) is 24.9 Å². The van der Waals surface area contributed by atoms with Gasteiger partial charge in [0.2, 0.25) is 0 Å². The maximum Gasteiger partial charge on any atom is 0.282 e. The van der Waals surface area contributed by atoms with Gasteiger partial charge in [-0.25, -0.2) is 4.39 Å². The number of piperidine rings is 1. The van der Waals surface area contributed by atoms with Gasteiger partial charge in [-0.3, -0.25) is 4.79 Å². The highest BCUT2D eigenvalue weighted by Gasteiger charge is 2.37. The Morgan fingerprint density at radius 3 is 2.15 bits per heavy atom. The van der Waals surface area contributed by atoms with Crippen LogP contribution in [0, 0.1) is 17.7 Å². The third-order valence-corrected chi connectivity index (χ3v) is 7.09. The quantitative estimate of drug-likeness (QED) is 0.800. The van der Waals surface area contributed by atoms with E-state index >= 15 is 0 Å². The first-order valence-electron chi connectivity index (χ1n) is 9.08. The van der Waals surface area contributed by atoms with Gasteiger partial charge in [0, 0.05) is 39.3 Å². The van der Waals surface area contributed by atoms with E-state index in [9.17, 15) is 17.6 Å². The van der Waals surface area contributed by atoms with E-state index in [2.05, 4.69) is 13.8 Å². The normalized spacial score (nSPS) is 26.0. The molecule has 0 bridgehead atoms. The van der Waals surface area contributed by atoms with Crippen LogP contribution in [0.15, 0.2) is 24.3 Å².